The molecule has 2 amide bonds. The first-order chi connectivity index (χ1) is 10.8. The van der Waals surface area contributed by atoms with Gasteiger partial charge in [0.05, 0.1) is 13.2 Å². The van der Waals surface area contributed by atoms with Crippen molar-refractivity contribution in [2.75, 3.05) is 20.3 Å². The number of hydrogen-bond donors (Lipinski definition) is 2. The number of carbonyl (C=O) groups excluding carboxylic acids is 1. The number of hydrogen-bond acceptors (Lipinski definition) is 3. The molecular formula is C17H24N2O3. The molecule has 1 saturated heterocycles. The van der Waals surface area contributed by atoms with Gasteiger partial charge in [0.25, 0.3) is 0 Å². The first-order valence-electron chi connectivity index (χ1n) is 8.07. The molecule has 1 aliphatic carbocycles. The van der Waals surface area contributed by atoms with E-state index in [4.69, 9.17) is 9.47 Å². The van der Waals surface area contributed by atoms with E-state index in [9.17, 15) is 4.79 Å². The van der Waals surface area contributed by atoms with Gasteiger partial charge in [-0.1, -0.05) is 18.2 Å². The molecule has 1 heterocycles. The lowest BCUT2D eigenvalue weighted by atomic mass is 10.1. The standard InChI is InChI=1S/C17H24N2O3/c1-21-16-7-3-2-6-13(16)14-11-15(14)19-17(20)18-9-8-12-5-4-10-22-12/h2-3,6-7,12,14-15H,4-5,8-11H2,1H3,(H2,18,19,20). The third kappa shape index (κ3) is 3.71. The van der Waals surface area contributed by atoms with Gasteiger partial charge in [-0.15, -0.1) is 0 Å². The van der Waals surface area contributed by atoms with Gasteiger partial charge in [-0.3, -0.25) is 0 Å². The van der Waals surface area contributed by atoms with E-state index in [1.165, 1.54) is 5.56 Å². The van der Waals surface area contributed by atoms with Gasteiger partial charge in [-0.25, -0.2) is 4.79 Å². The summed E-state index contributed by atoms with van der Waals surface area (Å²) in [5.41, 5.74) is 1.18. The van der Waals surface area contributed by atoms with E-state index in [1.807, 2.05) is 18.2 Å². The number of carbonyl (C=O) groups is 1. The molecular weight excluding hydrogens is 280 g/mol. The number of methoxy groups -OCH3 is 1. The fraction of sp³-hybridized carbons (Fsp3) is 0.588. The summed E-state index contributed by atoms with van der Waals surface area (Å²) in [6.07, 6.45) is 4.44. The lowest BCUT2D eigenvalue weighted by Crippen LogP contribution is -2.38. The van der Waals surface area contributed by atoms with Crippen molar-refractivity contribution < 1.29 is 14.3 Å². The molecule has 2 fully saturated rings. The molecule has 22 heavy (non-hydrogen) atoms. The molecule has 120 valence electrons. The molecule has 0 aromatic heterocycles. The zero-order valence-electron chi connectivity index (χ0n) is 13.0. The van der Waals surface area contributed by atoms with Crippen LogP contribution in [0.1, 0.15) is 37.2 Å². The predicted molar refractivity (Wildman–Crippen MR) is 84.3 cm³/mol. The van der Waals surface area contributed by atoms with Crippen molar-refractivity contribution in [2.45, 2.75) is 43.7 Å². The van der Waals surface area contributed by atoms with E-state index in [2.05, 4.69) is 16.7 Å². The Morgan fingerprint density at radius 1 is 1.41 bits per heavy atom. The summed E-state index contributed by atoms with van der Waals surface area (Å²) in [5.74, 6) is 1.26. The normalized spacial score (nSPS) is 26.5. The minimum atomic E-state index is -0.0830. The molecule has 2 aliphatic rings. The summed E-state index contributed by atoms with van der Waals surface area (Å²) in [6.45, 7) is 1.53. The molecule has 0 spiro atoms. The van der Waals surface area contributed by atoms with E-state index in [0.29, 0.717) is 18.6 Å². The summed E-state index contributed by atoms with van der Waals surface area (Å²) in [4.78, 5) is 11.9. The number of nitrogens with one attached hydrogen (secondary N) is 2. The van der Waals surface area contributed by atoms with Crippen LogP contribution in [0.4, 0.5) is 4.79 Å². The van der Waals surface area contributed by atoms with Gasteiger partial charge in [0.1, 0.15) is 5.75 Å². The summed E-state index contributed by atoms with van der Waals surface area (Å²) in [5, 5.41) is 5.95. The third-order valence-corrected chi connectivity index (χ3v) is 4.42. The molecule has 3 rings (SSSR count). The smallest absolute Gasteiger partial charge is 0.315 e. The lowest BCUT2D eigenvalue weighted by Gasteiger charge is -2.11. The Morgan fingerprint density at radius 3 is 3.05 bits per heavy atom. The second kappa shape index (κ2) is 7.01. The lowest BCUT2D eigenvalue weighted by molar-refractivity contribution is 0.104. The number of amides is 2. The summed E-state index contributed by atoms with van der Waals surface area (Å²) in [6, 6.07) is 8.13. The number of rotatable bonds is 6. The second-order valence-corrected chi connectivity index (χ2v) is 6.01. The van der Waals surface area contributed by atoms with Crippen LogP contribution in [0.15, 0.2) is 24.3 Å². The summed E-state index contributed by atoms with van der Waals surface area (Å²) >= 11 is 0. The van der Waals surface area contributed by atoms with Crippen LogP contribution in [0.2, 0.25) is 0 Å². The number of para-hydroxylation sites is 1. The molecule has 2 N–H and O–H groups in total. The Hall–Kier alpha value is -1.75. The molecule has 0 radical (unpaired) electrons. The van der Waals surface area contributed by atoms with E-state index >= 15 is 0 Å². The van der Waals surface area contributed by atoms with Gasteiger partial charge in [0, 0.05) is 25.1 Å². The minimum Gasteiger partial charge on any atom is -0.496 e. The van der Waals surface area contributed by atoms with E-state index in [1.54, 1.807) is 7.11 Å². The van der Waals surface area contributed by atoms with Gasteiger partial charge in [-0.05, 0) is 37.3 Å². The summed E-state index contributed by atoms with van der Waals surface area (Å²) < 4.78 is 10.9. The number of ether oxygens (including phenoxy) is 2. The van der Waals surface area contributed by atoms with Crippen LogP contribution in [-0.4, -0.2) is 38.4 Å². The molecule has 1 aromatic carbocycles. The van der Waals surface area contributed by atoms with Crippen molar-refractivity contribution >= 4 is 6.03 Å². The van der Waals surface area contributed by atoms with Crippen LogP contribution < -0.4 is 15.4 Å². The maximum atomic E-state index is 11.9. The van der Waals surface area contributed by atoms with Gasteiger partial charge in [0.15, 0.2) is 0 Å². The van der Waals surface area contributed by atoms with Crippen molar-refractivity contribution in [3.05, 3.63) is 29.8 Å². The van der Waals surface area contributed by atoms with Gasteiger partial charge in [-0.2, -0.15) is 0 Å². The van der Waals surface area contributed by atoms with Crippen LogP contribution in [0.5, 0.6) is 5.75 Å². The first kappa shape index (κ1) is 15.2. The van der Waals surface area contributed by atoms with Crippen molar-refractivity contribution in [2.24, 2.45) is 0 Å². The highest BCUT2D eigenvalue weighted by molar-refractivity contribution is 5.75. The maximum Gasteiger partial charge on any atom is 0.315 e. The zero-order valence-corrected chi connectivity index (χ0v) is 13.0. The Morgan fingerprint density at radius 2 is 2.27 bits per heavy atom. The highest BCUT2D eigenvalue weighted by Crippen LogP contribution is 2.44. The van der Waals surface area contributed by atoms with Crippen molar-refractivity contribution in [3.8, 4) is 5.75 Å². The molecule has 3 atom stereocenters. The average molecular weight is 304 g/mol. The molecule has 3 unspecified atom stereocenters. The third-order valence-electron chi connectivity index (χ3n) is 4.42. The highest BCUT2D eigenvalue weighted by atomic mass is 16.5. The van der Waals surface area contributed by atoms with Crippen LogP contribution in [-0.2, 0) is 4.74 Å². The largest absolute Gasteiger partial charge is 0.496 e. The van der Waals surface area contributed by atoms with E-state index in [-0.39, 0.29) is 12.1 Å². The molecule has 1 aromatic rings. The van der Waals surface area contributed by atoms with Crippen LogP contribution in [0, 0.1) is 0 Å². The van der Waals surface area contributed by atoms with Gasteiger partial charge < -0.3 is 20.1 Å². The minimum absolute atomic E-state index is 0.0830. The SMILES string of the molecule is COc1ccccc1C1CC1NC(=O)NCCC1CCCO1. The molecule has 5 nitrogen and oxygen atoms in total. The highest BCUT2D eigenvalue weighted by Gasteiger charge is 2.41. The first-order valence-corrected chi connectivity index (χ1v) is 8.07. The van der Waals surface area contributed by atoms with Crippen LogP contribution >= 0.6 is 0 Å². The van der Waals surface area contributed by atoms with Crippen LogP contribution in [0.25, 0.3) is 0 Å². The second-order valence-electron chi connectivity index (χ2n) is 6.01. The van der Waals surface area contributed by atoms with Gasteiger partial charge in [0.2, 0.25) is 0 Å². The number of benzene rings is 1. The maximum absolute atomic E-state index is 11.9. The van der Waals surface area contributed by atoms with Crippen LogP contribution in [0.3, 0.4) is 0 Å². The Kier molecular flexibility index (Phi) is 4.83. The fourth-order valence-electron chi connectivity index (χ4n) is 3.11. The average Bonchev–Trinajstić information content (AvgIpc) is 3.08. The quantitative estimate of drug-likeness (QED) is 0.848. The Bertz CT molecular complexity index is 514. The molecule has 1 saturated carbocycles. The fourth-order valence-corrected chi connectivity index (χ4v) is 3.11. The Balaban J connectivity index is 1.40. The molecule has 5 heteroatoms. The van der Waals surface area contributed by atoms with Crippen molar-refractivity contribution in [1.82, 2.24) is 10.6 Å². The summed E-state index contributed by atoms with van der Waals surface area (Å²) in [7, 11) is 1.68. The van der Waals surface area contributed by atoms with E-state index in [0.717, 1.165) is 38.0 Å². The van der Waals surface area contributed by atoms with Crippen molar-refractivity contribution in [3.63, 3.8) is 0 Å². The van der Waals surface area contributed by atoms with Gasteiger partial charge >= 0.3 is 6.03 Å². The molecule has 0 bridgehead atoms. The predicted octanol–water partition coefficient (Wildman–Crippen LogP) is 2.42. The zero-order chi connectivity index (χ0) is 15.4. The van der Waals surface area contributed by atoms with E-state index < -0.39 is 0 Å². The monoisotopic (exact) mass is 304 g/mol. The molecule has 1 aliphatic heterocycles. The van der Waals surface area contributed by atoms with Crippen molar-refractivity contribution in [1.29, 1.82) is 0 Å². The topological polar surface area (TPSA) is 59.6 Å². The Labute approximate surface area is 131 Å². The number of urea groups is 1.